The largest absolute Gasteiger partial charge is 0.425 e. The molecule has 0 N–H and O–H groups in total. The highest BCUT2D eigenvalue weighted by molar-refractivity contribution is 5.91. The summed E-state index contributed by atoms with van der Waals surface area (Å²) < 4.78 is 18.0. The molecule has 0 saturated heterocycles. The maximum atomic E-state index is 13.3. The summed E-state index contributed by atoms with van der Waals surface area (Å²) in [6.07, 6.45) is 0. The molecule has 6 rings (SSSR count). The number of carbonyl (C=O) groups excluding carboxylic acids is 2. The molecule has 0 fully saturated rings. The van der Waals surface area contributed by atoms with Crippen molar-refractivity contribution in [2.24, 2.45) is 0 Å². The van der Waals surface area contributed by atoms with Crippen molar-refractivity contribution in [2.45, 2.75) is 130 Å². The molecule has 5 nitrogen and oxygen atoms in total. The average molecular weight is 687 g/mol. The molecule has 0 amide bonds. The van der Waals surface area contributed by atoms with E-state index in [1.807, 2.05) is 48.5 Å². The van der Waals surface area contributed by atoms with Gasteiger partial charge in [-0.2, -0.15) is 0 Å². The molecule has 51 heavy (non-hydrogen) atoms. The molecule has 4 aromatic carbocycles. The Bertz CT molecular complexity index is 1830. The summed E-state index contributed by atoms with van der Waals surface area (Å²) in [5, 5.41) is 0. The predicted octanol–water partition coefficient (Wildman–Crippen LogP) is 10.7. The molecule has 0 saturated carbocycles. The van der Waals surface area contributed by atoms with E-state index < -0.39 is 11.8 Å². The van der Waals surface area contributed by atoms with E-state index in [-0.39, 0.29) is 33.6 Å². The molecule has 268 valence electrons. The van der Waals surface area contributed by atoms with Crippen molar-refractivity contribution in [1.29, 1.82) is 0 Å². The molecular formula is C46H54O5. The van der Waals surface area contributed by atoms with Gasteiger partial charge in [-0.05, 0) is 55.0 Å². The van der Waals surface area contributed by atoms with Crippen LogP contribution in [0.25, 0.3) is 0 Å². The minimum Gasteiger partial charge on any atom is -0.425 e. The summed E-state index contributed by atoms with van der Waals surface area (Å²) in [4.78, 5) is 26.6. The smallest absolute Gasteiger partial charge is 0.323 e. The first-order valence-corrected chi connectivity index (χ1v) is 18.2. The van der Waals surface area contributed by atoms with E-state index in [0.29, 0.717) is 24.7 Å². The van der Waals surface area contributed by atoms with Crippen LogP contribution in [0.2, 0.25) is 0 Å². The Morgan fingerprint density at radius 3 is 1.12 bits per heavy atom. The topological polar surface area (TPSA) is 61.8 Å². The molecule has 2 atom stereocenters. The zero-order valence-corrected chi connectivity index (χ0v) is 32.5. The van der Waals surface area contributed by atoms with Crippen LogP contribution < -0.4 is 9.47 Å². The van der Waals surface area contributed by atoms with Gasteiger partial charge in [-0.3, -0.25) is 9.59 Å². The lowest BCUT2D eigenvalue weighted by Crippen LogP contribution is -2.17. The first-order chi connectivity index (χ1) is 23.6. The van der Waals surface area contributed by atoms with Gasteiger partial charge in [0.2, 0.25) is 0 Å². The highest BCUT2D eigenvalue weighted by Gasteiger charge is 2.41. The number of carbonyl (C=O) groups is 2. The Balaban J connectivity index is 1.15. The van der Waals surface area contributed by atoms with Gasteiger partial charge in [0.25, 0.3) is 0 Å². The van der Waals surface area contributed by atoms with Gasteiger partial charge in [0, 0.05) is 22.3 Å². The lowest BCUT2D eigenvalue weighted by atomic mass is 9.77. The molecule has 0 bridgehead atoms. The molecule has 0 aromatic heterocycles. The molecule has 2 aliphatic rings. The van der Waals surface area contributed by atoms with E-state index in [1.54, 1.807) is 0 Å². The van der Waals surface area contributed by atoms with Crippen molar-refractivity contribution < 1.29 is 23.8 Å². The Morgan fingerprint density at radius 1 is 0.490 bits per heavy atom. The van der Waals surface area contributed by atoms with E-state index in [9.17, 15) is 9.59 Å². The normalized spacial score (nSPS) is 17.6. The number of fused-ring (bicyclic) bond motifs is 2. The number of hydrogen-bond acceptors (Lipinski definition) is 5. The van der Waals surface area contributed by atoms with Crippen molar-refractivity contribution in [3.8, 4) is 11.5 Å². The lowest BCUT2D eigenvalue weighted by molar-refractivity contribution is -0.134. The van der Waals surface area contributed by atoms with Gasteiger partial charge < -0.3 is 14.2 Å². The second-order valence-electron chi connectivity index (χ2n) is 18.6. The fraction of sp³-hybridized carbons (Fsp3) is 0.435. The summed E-state index contributed by atoms with van der Waals surface area (Å²) in [5.74, 6) is 0.0482. The van der Waals surface area contributed by atoms with E-state index in [4.69, 9.17) is 14.2 Å². The van der Waals surface area contributed by atoms with Gasteiger partial charge in [0.05, 0.1) is 13.2 Å². The van der Waals surface area contributed by atoms with Crippen LogP contribution in [0, 0.1) is 0 Å². The van der Waals surface area contributed by atoms with Crippen molar-refractivity contribution in [3.05, 3.63) is 128 Å². The monoisotopic (exact) mass is 686 g/mol. The standard InChI is InChI=1S/C46H54O5/c1-43(2,3)31-21-33-37(41(47)50-39(33)35(23-31)45(7,8)9)29-17-13-27(14-18-29)25-49-26-28-15-19-30(20-16-28)38-34-22-32(44(4,5)6)24-36(46(10,11)12)40(34)51-42(38)48/h13-24,37-38H,25-26H2,1-12H3. The Morgan fingerprint density at radius 2 is 0.824 bits per heavy atom. The maximum absolute atomic E-state index is 13.3. The molecular weight excluding hydrogens is 633 g/mol. The quantitative estimate of drug-likeness (QED) is 0.149. The number of esters is 2. The van der Waals surface area contributed by atoms with Gasteiger partial charge >= 0.3 is 11.9 Å². The highest BCUT2D eigenvalue weighted by atomic mass is 16.5. The average Bonchev–Trinajstić information content (AvgIpc) is 3.53. The molecule has 5 heteroatoms. The molecule has 2 heterocycles. The van der Waals surface area contributed by atoms with Crippen LogP contribution in [0.5, 0.6) is 11.5 Å². The van der Waals surface area contributed by atoms with Crippen LogP contribution in [0.1, 0.15) is 151 Å². The van der Waals surface area contributed by atoms with Crippen molar-refractivity contribution in [3.63, 3.8) is 0 Å². The van der Waals surface area contributed by atoms with Gasteiger partial charge in [-0.1, -0.05) is 156 Å². The lowest BCUT2D eigenvalue weighted by Gasteiger charge is -2.27. The van der Waals surface area contributed by atoms with Gasteiger partial charge in [0.15, 0.2) is 0 Å². The SMILES string of the molecule is CC(C)(C)c1cc2c(c(C(C)(C)C)c1)OC(=O)C2c1ccc(COCc2ccc(C3C(=O)Oc4c3cc(C(C)(C)C)cc4C(C)(C)C)cc2)cc1. The Labute approximate surface area is 304 Å². The molecule has 4 aromatic rings. The molecule has 2 unspecified atom stereocenters. The minimum atomic E-state index is -0.457. The molecule has 2 aliphatic heterocycles. The highest BCUT2D eigenvalue weighted by Crippen LogP contribution is 2.49. The van der Waals surface area contributed by atoms with Crippen LogP contribution in [-0.2, 0) is 49.2 Å². The first kappa shape index (κ1) is 36.6. The van der Waals surface area contributed by atoms with E-state index in [2.05, 4.69) is 107 Å². The third-order valence-electron chi connectivity index (χ3n) is 10.2. The number of hydrogen-bond donors (Lipinski definition) is 0. The van der Waals surface area contributed by atoms with Gasteiger partial charge in [-0.25, -0.2) is 0 Å². The maximum Gasteiger partial charge on any atom is 0.323 e. The third-order valence-corrected chi connectivity index (χ3v) is 10.2. The van der Waals surface area contributed by atoms with E-state index >= 15 is 0 Å². The molecule has 0 spiro atoms. The number of ether oxygens (including phenoxy) is 3. The fourth-order valence-electron chi connectivity index (χ4n) is 7.04. The summed E-state index contributed by atoms with van der Waals surface area (Å²) in [5.41, 5.74) is 9.85. The first-order valence-electron chi connectivity index (χ1n) is 18.2. The summed E-state index contributed by atoms with van der Waals surface area (Å²) in [7, 11) is 0. The van der Waals surface area contributed by atoms with Crippen LogP contribution in [-0.4, -0.2) is 11.9 Å². The minimum absolute atomic E-state index is 0.0627. The number of benzene rings is 4. The van der Waals surface area contributed by atoms with Crippen molar-refractivity contribution in [2.75, 3.05) is 0 Å². The van der Waals surface area contributed by atoms with Crippen molar-refractivity contribution >= 4 is 11.9 Å². The van der Waals surface area contributed by atoms with E-state index in [1.165, 1.54) is 11.1 Å². The molecule has 0 aliphatic carbocycles. The zero-order valence-electron chi connectivity index (χ0n) is 32.5. The number of rotatable bonds is 6. The summed E-state index contributed by atoms with van der Waals surface area (Å²) in [6.45, 7) is 27.0. The van der Waals surface area contributed by atoms with Gasteiger partial charge in [0.1, 0.15) is 23.3 Å². The Kier molecular flexibility index (Phi) is 9.16. The molecule has 0 radical (unpaired) electrons. The van der Waals surface area contributed by atoms with Crippen LogP contribution in [0.15, 0.2) is 72.8 Å². The summed E-state index contributed by atoms with van der Waals surface area (Å²) >= 11 is 0. The fourth-order valence-corrected chi connectivity index (χ4v) is 7.04. The zero-order chi connectivity index (χ0) is 37.3. The Hall–Kier alpha value is -4.22. The predicted molar refractivity (Wildman–Crippen MR) is 204 cm³/mol. The summed E-state index contributed by atoms with van der Waals surface area (Å²) in [6, 6.07) is 24.9. The third kappa shape index (κ3) is 7.28. The van der Waals surface area contributed by atoms with Gasteiger partial charge in [-0.15, -0.1) is 0 Å². The second-order valence-corrected chi connectivity index (χ2v) is 18.6. The van der Waals surface area contributed by atoms with Crippen LogP contribution in [0.3, 0.4) is 0 Å². The van der Waals surface area contributed by atoms with Crippen LogP contribution >= 0.6 is 0 Å². The van der Waals surface area contributed by atoms with Crippen LogP contribution in [0.4, 0.5) is 0 Å². The van der Waals surface area contributed by atoms with E-state index in [0.717, 1.165) is 44.5 Å². The van der Waals surface area contributed by atoms with Crippen molar-refractivity contribution in [1.82, 2.24) is 0 Å². The second kappa shape index (κ2) is 12.8.